The van der Waals surface area contributed by atoms with Gasteiger partial charge in [0.15, 0.2) is 0 Å². The van der Waals surface area contributed by atoms with Gasteiger partial charge < -0.3 is 13.6 Å². The molecule has 0 N–H and O–H groups in total. The maximum absolute atomic E-state index is 5.88. The molecule has 18 heavy (non-hydrogen) atoms. The second-order valence-corrected chi connectivity index (χ2v) is 9.13. The molecule has 2 aliphatic rings. The van der Waals surface area contributed by atoms with Crippen molar-refractivity contribution in [1.82, 2.24) is 0 Å². The lowest BCUT2D eigenvalue weighted by atomic mass is 9.86. The van der Waals surface area contributed by atoms with Gasteiger partial charge in [-0.3, -0.25) is 0 Å². The van der Waals surface area contributed by atoms with Crippen LogP contribution in [0, 0.1) is 5.92 Å². The van der Waals surface area contributed by atoms with Crippen LogP contribution in [0.5, 0.6) is 0 Å². The Labute approximate surface area is 112 Å². The Kier molecular flexibility index (Phi) is 5.24. The number of rotatable bonds is 8. The van der Waals surface area contributed by atoms with Crippen LogP contribution in [0.4, 0.5) is 0 Å². The molecule has 2 fully saturated rings. The summed E-state index contributed by atoms with van der Waals surface area (Å²) in [5.41, 5.74) is 0. The zero-order valence-electron chi connectivity index (χ0n) is 12.1. The SMILES string of the molecule is CCO[Si](C)(CCCC1CCC2OC2C1)OCC. The lowest BCUT2D eigenvalue weighted by molar-refractivity contribution is 0.187. The monoisotopic (exact) mass is 272 g/mol. The zero-order valence-corrected chi connectivity index (χ0v) is 13.1. The number of ether oxygens (including phenoxy) is 1. The van der Waals surface area contributed by atoms with Crippen LogP contribution in [0.2, 0.25) is 12.6 Å². The Hall–Kier alpha value is 0.0969. The number of hydrogen-bond donors (Lipinski definition) is 0. The van der Waals surface area contributed by atoms with Gasteiger partial charge >= 0.3 is 8.56 Å². The van der Waals surface area contributed by atoms with Crippen molar-refractivity contribution in [2.45, 2.75) is 70.8 Å². The van der Waals surface area contributed by atoms with E-state index in [0.717, 1.165) is 25.2 Å². The molecule has 1 aliphatic heterocycles. The maximum atomic E-state index is 5.88. The van der Waals surface area contributed by atoms with Gasteiger partial charge in [0.05, 0.1) is 12.2 Å². The molecule has 3 atom stereocenters. The average molecular weight is 272 g/mol. The Morgan fingerprint density at radius 1 is 1.11 bits per heavy atom. The summed E-state index contributed by atoms with van der Waals surface area (Å²) in [6.07, 6.45) is 7.79. The van der Waals surface area contributed by atoms with Crippen molar-refractivity contribution >= 4 is 8.56 Å². The highest BCUT2D eigenvalue weighted by Crippen LogP contribution is 2.41. The van der Waals surface area contributed by atoms with Crippen LogP contribution in [0.3, 0.4) is 0 Å². The normalized spacial score (nSPS) is 31.2. The first-order valence-corrected chi connectivity index (χ1v) is 10.1. The summed E-state index contributed by atoms with van der Waals surface area (Å²) in [4.78, 5) is 0. The van der Waals surface area contributed by atoms with Crippen LogP contribution in [-0.2, 0) is 13.6 Å². The quantitative estimate of drug-likeness (QED) is 0.501. The van der Waals surface area contributed by atoms with Crippen molar-refractivity contribution in [1.29, 1.82) is 0 Å². The van der Waals surface area contributed by atoms with Crippen molar-refractivity contribution in [3.8, 4) is 0 Å². The molecule has 0 aromatic heterocycles. The second-order valence-electron chi connectivity index (χ2n) is 5.78. The molecule has 1 heterocycles. The van der Waals surface area contributed by atoms with E-state index in [1.54, 1.807) is 0 Å². The topological polar surface area (TPSA) is 31.0 Å². The molecule has 0 aromatic rings. The first-order valence-electron chi connectivity index (χ1n) is 7.60. The third-order valence-electron chi connectivity index (χ3n) is 4.26. The van der Waals surface area contributed by atoms with E-state index in [-0.39, 0.29) is 0 Å². The van der Waals surface area contributed by atoms with Gasteiger partial charge in [-0.25, -0.2) is 0 Å². The van der Waals surface area contributed by atoms with Crippen LogP contribution in [0.15, 0.2) is 0 Å². The standard InChI is InChI=1S/C14H28O3Si/c1-4-15-18(3,16-5-2)10-6-7-12-8-9-13-14(11-12)17-13/h12-14H,4-11H2,1-3H3. The lowest BCUT2D eigenvalue weighted by Gasteiger charge is -2.27. The van der Waals surface area contributed by atoms with E-state index in [0.29, 0.717) is 12.2 Å². The van der Waals surface area contributed by atoms with E-state index in [1.165, 1.54) is 32.1 Å². The van der Waals surface area contributed by atoms with Crippen molar-refractivity contribution in [3.05, 3.63) is 0 Å². The van der Waals surface area contributed by atoms with Crippen molar-refractivity contribution in [2.24, 2.45) is 5.92 Å². The Bertz CT molecular complexity index is 253. The first kappa shape index (κ1) is 14.5. The van der Waals surface area contributed by atoms with Gasteiger partial charge in [0, 0.05) is 13.2 Å². The molecule has 0 amide bonds. The summed E-state index contributed by atoms with van der Waals surface area (Å²) in [5, 5.41) is 0. The smallest absolute Gasteiger partial charge is 0.334 e. The van der Waals surface area contributed by atoms with Gasteiger partial charge in [-0.05, 0) is 51.6 Å². The largest absolute Gasteiger partial charge is 0.395 e. The van der Waals surface area contributed by atoms with Crippen LogP contribution in [-0.4, -0.2) is 34.0 Å². The van der Waals surface area contributed by atoms with Crippen LogP contribution in [0.25, 0.3) is 0 Å². The first-order chi connectivity index (χ1) is 8.67. The van der Waals surface area contributed by atoms with Gasteiger partial charge in [0.2, 0.25) is 0 Å². The van der Waals surface area contributed by atoms with Crippen molar-refractivity contribution < 1.29 is 13.6 Å². The minimum atomic E-state index is -1.87. The fourth-order valence-corrected chi connectivity index (χ4v) is 5.70. The third-order valence-corrected chi connectivity index (χ3v) is 7.32. The fraction of sp³-hybridized carbons (Fsp3) is 1.00. The van der Waals surface area contributed by atoms with Crippen LogP contribution < -0.4 is 0 Å². The molecular weight excluding hydrogens is 244 g/mol. The molecule has 0 radical (unpaired) electrons. The summed E-state index contributed by atoms with van der Waals surface area (Å²) in [5.74, 6) is 0.884. The van der Waals surface area contributed by atoms with E-state index < -0.39 is 8.56 Å². The highest BCUT2D eigenvalue weighted by atomic mass is 28.4. The molecular formula is C14H28O3Si. The Morgan fingerprint density at radius 2 is 1.83 bits per heavy atom. The van der Waals surface area contributed by atoms with Gasteiger partial charge in [0.25, 0.3) is 0 Å². The van der Waals surface area contributed by atoms with Gasteiger partial charge in [-0.2, -0.15) is 0 Å². The molecule has 1 aliphatic carbocycles. The maximum Gasteiger partial charge on any atom is 0.334 e. The Balaban J connectivity index is 1.65. The number of hydrogen-bond acceptors (Lipinski definition) is 3. The average Bonchev–Trinajstić information content (AvgIpc) is 3.08. The molecule has 0 aromatic carbocycles. The van der Waals surface area contributed by atoms with Crippen LogP contribution in [0.1, 0.15) is 46.0 Å². The van der Waals surface area contributed by atoms with E-state index in [4.69, 9.17) is 13.6 Å². The number of epoxide rings is 1. The minimum absolute atomic E-state index is 0.617. The van der Waals surface area contributed by atoms with Gasteiger partial charge in [0.1, 0.15) is 0 Å². The fourth-order valence-electron chi connectivity index (χ4n) is 3.26. The Morgan fingerprint density at radius 3 is 2.44 bits per heavy atom. The molecule has 2 rings (SSSR count). The van der Waals surface area contributed by atoms with E-state index >= 15 is 0 Å². The molecule has 3 unspecified atom stereocenters. The summed E-state index contributed by atoms with van der Waals surface area (Å²) in [7, 11) is -1.87. The molecule has 1 saturated heterocycles. The zero-order chi connectivity index (χ0) is 13.0. The van der Waals surface area contributed by atoms with Gasteiger partial charge in [-0.1, -0.05) is 12.8 Å². The van der Waals surface area contributed by atoms with Crippen LogP contribution >= 0.6 is 0 Å². The third kappa shape index (κ3) is 4.05. The van der Waals surface area contributed by atoms with E-state index in [1.807, 2.05) is 0 Å². The molecule has 106 valence electrons. The number of fused-ring (bicyclic) bond motifs is 1. The highest BCUT2D eigenvalue weighted by Gasteiger charge is 2.43. The van der Waals surface area contributed by atoms with Gasteiger partial charge in [-0.15, -0.1) is 0 Å². The summed E-state index contributed by atoms with van der Waals surface area (Å²) in [6, 6.07) is 1.14. The summed E-state index contributed by atoms with van der Waals surface area (Å²) < 4.78 is 17.4. The van der Waals surface area contributed by atoms with Crippen molar-refractivity contribution in [3.63, 3.8) is 0 Å². The predicted octanol–water partition coefficient (Wildman–Crippen LogP) is 3.48. The molecule has 3 nitrogen and oxygen atoms in total. The van der Waals surface area contributed by atoms with Crippen molar-refractivity contribution in [2.75, 3.05) is 13.2 Å². The van der Waals surface area contributed by atoms with E-state index in [9.17, 15) is 0 Å². The lowest BCUT2D eigenvalue weighted by Crippen LogP contribution is -2.38. The molecule has 1 saturated carbocycles. The minimum Gasteiger partial charge on any atom is -0.395 e. The summed E-state index contributed by atoms with van der Waals surface area (Å²) >= 11 is 0. The molecule has 0 bridgehead atoms. The summed E-state index contributed by atoms with van der Waals surface area (Å²) in [6.45, 7) is 7.90. The molecule has 4 heteroatoms. The molecule has 0 spiro atoms. The van der Waals surface area contributed by atoms with E-state index in [2.05, 4.69) is 20.4 Å². The highest BCUT2D eigenvalue weighted by molar-refractivity contribution is 6.66. The predicted molar refractivity (Wildman–Crippen MR) is 74.9 cm³/mol. The second kappa shape index (κ2) is 6.50.